The molecule has 0 aliphatic rings. The van der Waals surface area contributed by atoms with E-state index in [2.05, 4.69) is 15.8 Å². The van der Waals surface area contributed by atoms with Gasteiger partial charge in [0.1, 0.15) is 5.82 Å². The average Bonchev–Trinajstić information content (AvgIpc) is 2.70. The average molecular weight is 375 g/mol. The number of benzene rings is 3. The Labute approximate surface area is 161 Å². The van der Waals surface area contributed by atoms with E-state index in [1.807, 2.05) is 19.1 Å². The summed E-state index contributed by atoms with van der Waals surface area (Å²) in [7, 11) is 0. The van der Waals surface area contributed by atoms with Gasteiger partial charge in [-0.2, -0.15) is 5.10 Å². The molecule has 0 spiro atoms. The number of carbonyl (C=O) groups excluding carboxylic acids is 2. The number of halogens is 1. The molecule has 0 saturated heterocycles. The van der Waals surface area contributed by atoms with Crippen LogP contribution in [0.25, 0.3) is 0 Å². The predicted molar refractivity (Wildman–Crippen MR) is 107 cm³/mol. The summed E-state index contributed by atoms with van der Waals surface area (Å²) in [6.07, 6.45) is 1.24. The first kappa shape index (κ1) is 19.0. The number of hydrazone groups is 1. The second kappa shape index (κ2) is 8.73. The van der Waals surface area contributed by atoms with Crippen LogP contribution in [0.1, 0.15) is 31.8 Å². The summed E-state index contributed by atoms with van der Waals surface area (Å²) >= 11 is 0. The van der Waals surface area contributed by atoms with E-state index in [1.165, 1.54) is 12.3 Å². The number of aryl methyl sites for hydroxylation is 1. The smallest absolute Gasteiger partial charge is 0.271 e. The van der Waals surface area contributed by atoms with E-state index < -0.39 is 11.7 Å². The van der Waals surface area contributed by atoms with Gasteiger partial charge in [0.15, 0.2) is 0 Å². The molecule has 0 atom stereocenters. The van der Waals surface area contributed by atoms with Crippen LogP contribution in [0, 0.1) is 12.7 Å². The number of anilines is 1. The van der Waals surface area contributed by atoms with Crippen LogP contribution in [0.2, 0.25) is 0 Å². The molecule has 0 radical (unpaired) electrons. The Morgan fingerprint density at radius 1 is 0.893 bits per heavy atom. The van der Waals surface area contributed by atoms with Crippen molar-refractivity contribution >= 4 is 23.7 Å². The predicted octanol–water partition coefficient (Wildman–Crippen LogP) is 4.15. The Bertz CT molecular complexity index is 1030. The number of hydrogen-bond acceptors (Lipinski definition) is 3. The maximum atomic E-state index is 13.5. The summed E-state index contributed by atoms with van der Waals surface area (Å²) < 4.78 is 13.5. The quantitative estimate of drug-likeness (QED) is 0.519. The summed E-state index contributed by atoms with van der Waals surface area (Å²) in [6, 6.07) is 19.8. The van der Waals surface area contributed by atoms with E-state index in [1.54, 1.807) is 54.6 Å². The Balaban J connectivity index is 1.61. The minimum atomic E-state index is -0.440. The monoisotopic (exact) mass is 375 g/mol. The fourth-order valence-corrected chi connectivity index (χ4v) is 2.54. The van der Waals surface area contributed by atoms with Gasteiger partial charge in [0.25, 0.3) is 11.8 Å². The van der Waals surface area contributed by atoms with Crippen molar-refractivity contribution in [2.24, 2.45) is 5.10 Å². The molecule has 2 N–H and O–H groups in total. The zero-order chi connectivity index (χ0) is 19.9. The Morgan fingerprint density at radius 2 is 1.57 bits per heavy atom. The molecule has 0 aliphatic heterocycles. The lowest BCUT2D eigenvalue weighted by Crippen LogP contribution is -2.18. The molecular formula is C22H18FN3O2. The van der Waals surface area contributed by atoms with Crippen molar-refractivity contribution in [2.45, 2.75) is 6.92 Å². The maximum absolute atomic E-state index is 13.5. The molecular weight excluding hydrogens is 357 g/mol. The molecule has 3 aromatic rings. The molecule has 3 aromatic carbocycles. The van der Waals surface area contributed by atoms with Crippen molar-refractivity contribution in [1.29, 1.82) is 0 Å². The molecule has 28 heavy (non-hydrogen) atoms. The van der Waals surface area contributed by atoms with Crippen LogP contribution in [0.3, 0.4) is 0 Å². The van der Waals surface area contributed by atoms with Gasteiger partial charge in [0, 0.05) is 22.4 Å². The summed E-state index contributed by atoms with van der Waals surface area (Å²) in [5, 5.41) is 6.56. The van der Waals surface area contributed by atoms with Crippen molar-refractivity contribution in [1.82, 2.24) is 5.43 Å². The van der Waals surface area contributed by atoms with Crippen LogP contribution in [0.15, 0.2) is 77.9 Å². The molecule has 5 nitrogen and oxygen atoms in total. The van der Waals surface area contributed by atoms with Gasteiger partial charge in [-0.05, 0) is 48.9 Å². The van der Waals surface area contributed by atoms with Crippen molar-refractivity contribution in [2.75, 3.05) is 5.32 Å². The summed E-state index contributed by atoms with van der Waals surface area (Å²) in [6.45, 7) is 1.87. The van der Waals surface area contributed by atoms with Gasteiger partial charge in [-0.25, -0.2) is 9.82 Å². The lowest BCUT2D eigenvalue weighted by molar-refractivity contribution is 0.0954. The topological polar surface area (TPSA) is 70.6 Å². The third-order valence-electron chi connectivity index (χ3n) is 4.07. The molecule has 2 amide bonds. The fourth-order valence-electron chi connectivity index (χ4n) is 2.54. The molecule has 0 unspecified atom stereocenters. The van der Waals surface area contributed by atoms with Crippen LogP contribution < -0.4 is 10.7 Å². The zero-order valence-electron chi connectivity index (χ0n) is 15.1. The standard InChI is InChI=1S/C22H18FN3O2/c1-15-6-2-4-8-19(15)22(28)25-18-12-10-16(11-13-18)21(27)26-24-14-17-7-3-5-9-20(17)23/h2-14H,1H3,(H,25,28)(H,26,27)/b24-14-. The molecule has 6 heteroatoms. The number of amides is 2. The van der Waals surface area contributed by atoms with E-state index >= 15 is 0 Å². The van der Waals surface area contributed by atoms with Gasteiger partial charge < -0.3 is 5.32 Å². The summed E-state index contributed by atoms with van der Waals surface area (Å²) in [5.41, 5.74) is 5.02. The van der Waals surface area contributed by atoms with E-state index in [0.29, 0.717) is 16.8 Å². The van der Waals surface area contributed by atoms with Gasteiger partial charge >= 0.3 is 0 Å². The molecule has 0 fully saturated rings. The minimum absolute atomic E-state index is 0.218. The van der Waals surface area contributed by atoms with Gasteiger partial charge in [-0.15, -0.1) is 0 Å². The third kappa shape index (κ3) is 4.67. The molecule has 0 bridgehead atoms. The van der Waals surface area contributed by atoms with Crippen molar-refractivity contribution in [3.05, 3.63) is 101 Å². The fraction of sp³-hybridized carbons (Fsp3) is 0.0455. The lowest BCUT2D eigenvalue weighted by Gasteiger charge is -2.08. The number of hydrogen-bond donors (Lipinski definition) is 2. The zero-order valence-corrected chi connectivity index (χ0v) is 15.1. The molecule has 3 rings (SSSR count). The minimum Gasteiger partial charge on any atom is -0.322 e. The highest BCUT2D eigenvalue weighted by atomic mass is 19.1. The van der Waals surface area contributed by atoms with Crippen molar-refractivity contribution < 1.29 is 14.0 Å². The highest BCUT2D eigenvalue weighted by Gasteiger charge is 2.09. The number of nitrogens with one attached hydrogen (secondary N) is 2. The first-order chi connectivity index (χ1) is 13.5. The first-order valence-electron chi connectivity index (χ1n) is 8.59. The SMILES string of the molecule is Cc1ccccc1C(=O)Nc1ccc(C(=O)N/N=C\c2ccccc2F)cc1. The van der Waals surface area contributed by atoms with Gasteiger partial charge in [-0.3, -0.25) is 9.59 Å². The van der Waals surface area contributed by atoms with Crippen LogP contribution in [0.4, 0.5) is 10.1 Å². The highest BCUT2D eigenvalue weighted by Crippen LogP contribution is 2.13. The van der Waals surface area contributed by atoms with Crippen LogP contribution in [-0.2, 0) is 0 Å². The number of carbonyl (C=O) groups is 2. The molecule has 0 heterocycles. The lowest BCUT2D eigenvalue weighted by atomic mass is 10.1. The van der Waals surface area contributed by atoms with Crippen molar-refractivity contribution in [3.8, 4) is 0 Å². The number of rotatable bonds is 5. The normalized spacial score (nSPS) is 10.6. The Hall–Kier alpha value is -3.80. The molecule has 0 aromatic heterocycles. The Kier molecular flexibility index (Phi) is 5.91. The number of nitrogens with zero attached hydrogens (tertiary/aromatic N) is 1. The molecule has 0 saturated carbocycles. The summed E-state index contributed by atoms with van der Waals surface area (Å²) in [5.74, 6) is -1.08. The first-order valence-corrected chi connectivity index (χ1v) is 8.59. The molecule has 0 aliphatic carbocycles. The second-order valence-corrected chi connectivity index (χ2v) is 6.07. The van der Waals surface area contributed by atoms with Gasteiger partial charge in [0.05, 0.1) is 6.21 Å². The van der Waals surface area contributed by atoms with Crippen molar-refractivity contribution in [3.63, 3.8) is 0 Å². The van der Waals surface area contributed by atoms with E-state index in [0.717, 1.165) is 5.56 Å². The largest absolute Gasteiger partial charge is 0.322 e. The van der Waals surface area contributed by atoms with Gasteiger partial charge in [0.2, 0.25) is 0 Å². The third-order valence-corrected chi connectivity index (χ3v) is 4.07. The van der Waals surface area contributed by atoms with E-state index in [-0.39, 0.29) is 11.5 Å². The van der Waals surface area contributed by atoms with E-state index in [9.17, 15) is 14.0 Å². The van der Waals surface area contributed by atoms with E-state index in [4.69, 9.17) is 0 Å². The Morgan fingerprint density at radius 3 is 2.29 bits per heavy atom. The van der Waals surface area contributed by atoms with Crippen LogP contribution >= 0.6 is 0 Å². The highest BCUT2D eigenvalue weighted by molar-refractivity contribution is 6.05. The van der Waals surface area contributed by atoms with Gasteiger partial charge in [-0.1, -0.05) is 36.4 Å². The van der Waals surface area contributed by atoms with Crippen LogP contribution in [-0.4, -0.2) is 18.0 Å². The summed E-state index contributed by atoms with van der Waals surface area (Å²) in [4.78, 5) is 24.4. The second-order valence-electron chi connectivity index (χ2n) is 6.07. The maximum Gasteiger partial charge on any atom is 0.271 e. The molecule has 140 valence electrons. The van der Waals surface area contributed by atoms with Crippen LogP contribution in [0.5, 0.6) is 0 Å².